The molecule has 5 heteroatoms. The third-order valence-electron chi connectivity index (χ3n) is 2.84. The fourth-order valence-electron chi connectivity index (χ4n) is 1.65. The van der Waals surface area contributed by atoms with Gasteiger partial charge in [-0.3, -0.25) is 4.79 Å². The quantitative estimate of drug-likeness (QED) is 0.700. The van der Waals surface area contributed by atoms with Gasteiger partial charge in [-0.15, -0.1) is 0 Å². The molecule has 0 saturated carbocycles. The number of hydrogen-bond donors (Lipinski definition) is 3. The SMILES string of the molecule is CCCNC(=O)CNC(C)c1ccc(O)c(OC)c1. The zero-order chi connectivity index (χ0) is 14.3. The summed E-state index contributed by atoms with van der Waals surface area (Å²) >= 11 is 0. The highest BCUT2D eigenvalue weighted by atomic mass is 16.5. The van der Waals surface area contributed by atoms with Gasteiger partial charge in [-0.1, -0.05) is 13.0 Å². The Hall–Kier alpha value is -1.75. The largest absolute Gasteiger partial charge is 0.504 e. The summed E-state index contributed by atoms with van der Waals surface area (Å²) in [5.74, 6) is 0.528. The van der Waals surface area contributed by atoms with E-state index in [1.54, 1.807) is 18.2 Å². The Morgan fingerprint density at radius 1 is 1.47 bits per heavy atom. The van der Waals surface area contributed by atoms with Crippen molar-refractivity contribution >= 4 is 5.91 Å². The Morgan fingerprint density at radius 2 is 2.21 bits per heavy atom. The molecule has 1 rings (SSSR count). The van der Waals surface area contributed by atoms with Crippen LogP contribution in [0, 0.1) is 0 Å². The second-order valence-electron chi connectivity index (χ2n) is 4.38. The van der Waals surface area contributed by atoms with Gasteiger partial charge in [-0.25, -0.2) is 0 Å². The van der Waals surface area contributed by atoms with Gasteiger partial charge >= 0.3 is 0 Å². The summed E-state index contributed by atoms with van der Waals surface area (Å²) in [5, 5.41) is 15.5. The number of phenolic OH excluding ortho intramolecular Hbond substituents is 1. The molecule has 5 nitrogen and oxygen atoms in total. The first-order valence-electron chi connectivity index (χ1n) is 6.45. The van der Waals surface area contributed by atoms with Crippen LogP contribution in [0.1, 0.15) is 31.9 Å². The fraction of sp³-hybridized carbons (Fsp3) is 0.500. The van der Waals surface area contributed by atoms with E-state index in [1.165, 1.54) is 7.11 Å². The molecule has 1 aromatic rings. The van der Waals surface area contributed by atoms with E-state index >= 15 is 0 Å². The van der Waals surface area contributed by atoms with Crippen molar-refractivity contribution in [2.75, 3.05) is 20.2 Å². The second-order valence-corrected chi connectivity index (χ2v) is 4.38. The molecule has 0 aliphatic heterocycles. The number of amides is 1. The maximum Gasteiger partial charge on any atom is 0.233 e. The van der Waals surface area contributed by atoms with E-state index in [9.17, 15) is 9.90 Å². The molecule has 0 saturated heterocycles. The molecule has 3 N–H and O–H groups in total. The van der Waals surface area contributed by atoms with Crippen molar-refractivity contribution in [2.24, 2.45) is 0 Å². The highest BCUT2D eigenvalue weighted by molar-refractivity contribution is 5.78. The standard InChI is InChI=1S/C14H22N2O3/c1-4-7-15-14(18)9-16-10(2)11-5-6-12(17)13(8-11)19-3/h5-6,8,10,16-17H,4,7,9H2,1-3H3,(H,15,18). The van der Waals surface area contributed by atoms with E-state index < -0.39 is 0 Å². The van der Waals surface area contributed by atoms with Crippen LogP contribution in [-0.2, 0) is 4.79 Å². The van der Waals surface area contributed by atoms with Crippen LogP contribution in [0.5, 0.6) is 11.5 Å². The topological polar surface area (TPSA) is 70.6 Å². The molecule has 0 aliphatic rings. The lowest BCUT2D eigenvalue weighted by Crippen LogP contribution is -2.35. The molecule has 0 spiro atoms. The molecule has 19 heavy (non-hydrogen) atoms. The first-order chi connectivity index (χ1) is 9.08. The van der Waals surface area contributed by atoms with E-state index in [0.29, 0.717) is 12.3 Å². The number of benzene rings is 1. The number of methoxy groups -OCH3 is 1. The van der Waals surface area contributed by atoms with Crippen molar-refractivity contribution in [3.8, 4) is 11.5 Å². The molecule has 0 bridgehead atoms. The van der Waals surface area contributed by atoms with Crippen LogP contribution in [0.2, 0.25) is 0 Å². The molecule has 0 radical (unpaired) electrons. The molecule has 0 heterocycles. The number of phenols is 1. The van der Waals surface area contributed by atoms with Crippen molar-refractivity contribution in [3.05, 3.63) is 23.8 Å². The number of carbonyl (C=O) groups excluding carboxylic acids is 1. The fourth-order valence-corrected chi connectivity index (χ4v) is 1.65. The van der Waals surface area contributed by atoms with Gasteiger partial charge in [0.15, 0.2) is 11.5 Å². The first-order valence-corrected chi connectivity index (χ1v) is 6.45. The molecule has 1 amide bonds. The first kappa shape index (κ1) is 15.3. The monoisotopic (exact) mass is 266 g/mol. The van der Waals surface area contributed by atoms with Crippen LogP contribution in [0.4, 0.5) is 0 Å². The number of aromatic hydroxyl groups is 1. The van der Waals surface area contributed by atoms with Crippen LogP contribution in [-0.4, -0.2) is 31.2 Å². The van der Waals surface area contributed by atoms with Gasteiger partial charge < -0.3 is 20.5 Å². The molecule has 1 aromatic carbocycles. The number of hydrogen-bond acceptors (Lipinski definition) is 4. The third-order valence-corrected chi connectivity index (χ3v) is 2.84. The number of carbonyl (C=O) groups is 1. The van der Waals surface area contributed by atoms with Gasteiger partial charge in [0, 0.05) is 12.6 Å². The molecule has 1 atom stereocenters. The summed E-state index contributed by atoms with van der Waals surface area (Å²) in [6.45, 7) is 4.93. The lowest BCUT2D eigenvalue weighted by molar-refractivity contribution is -0.120. The maximum atomic E-state index is 11.5. The Bertz CT molecular complexity index is 421. The van der Waals surface area contributed by atoms with Gasteiger partial charge in [0.05, 0.1) is 13.7 Å². The zero-order valence-corrected chi connectivity index (χ0v) is 11.7. The molecular formula is C14H22N2O3. The molecule has 0 aliphatic carbocycles. The Kier molecular flexibility index (Phi) is 6.15. The van der Waals surface area contributed by atoms with Gasteiger partial charge in [0.2, 0.25) is 5.91 Å². The lowest BCUT2D eigenvalue weighted by Gasteiger charge is -2.15. The molecule has 106 valence electrons. The van der Waals surface area contributed by atoms with Crippen molar-refractivity contribution in [2.45, 2.75) is 26.3 Å². The van der Waals surface area contributed by atoms with Crippen molar-refractivity contribution < 1.29 is 14.6 Å². The number of nitrogens with one attached hydrogen (secondary N) is 2. The van der Waals surface area contributed by atoms with Gasteiger partial charge in [0.25, 0.3) is 0 Å². The minimum absolute atomic E-state index is 0.00174. The average molecular weight is 266 g/mol. The van der Waals surface area contributed by atoms with Crippen molar-refractivity contribution in [1.82, 2.24) is 10.6 Å². The summed E-state index contributed by atoms with van der Waals surface area (Å²) in [4.78, 5) is 11.5. The molecule has 1 unspecified atom stereocenters. The van der Waals surface area contributed by atoms with E-state index in [0.717, 1.165) is 12.0 Å². The summed E-state index contributed by atoms with van der Waals surface area (Å²) in [7, 11) is 1.51. The van der Waals surface area contributed by atoms with E-state index in [4.69, 9.17) is 4.74 Å². The molecule has 0 aromatic heterocycles. The highest BCUT2D eigenvalue weighted by Crippen LogP contribution is 2.28. The predicted octanol–water partition coefficient (Wildman–Crippen LogP) is 1.58. The summed E-state index contributed by atoms with van der Waals surface area (Å²) in [6.07, 6.45) is 0.927. The highest BCUT2D eigenvalue weighted by Gasteiger charge is 2.10. The average Bonchev–Trinajstić information content (AvgIpc) is 2.42. The predicted molar refractivity (Wildman–Crippen MR) is 74.4 cm³/mol. The number of rotatable bonds is 7. The van der Waals surface area contributed by atoms with Gasteiger partial charge in [0.1, 0.15) is 0 Å². The van der Waals surface area contributed by atoms with E-state index in [-0.39, 0.29) is 24.2 Å². The van der Waals surface area contributed by atoms with Crippen molar-refractivity contribution in [1.29, 1.82) is 0 Å². The van der Waals surface area contributed by atoms with Crippen LogP contribution in [0.25, 0.3) is 0 Å². The van der Waals surface area contributed by atoms with Crippen LogP contribution < -0.4 is 15.4 Å². The molecule has 0 fully saturated rings. The Morgan fingerprint density at radius 3 is 2.84 bits per heavy atom. The lowest BCUT2D eigenvalue weighted by atomic mass is 10.1. The van der Waals surface area contributed by atoms with E-state index in [1.807, 2.05) is 13.8 Å². The summed E-state index contributed by atoms with van der Waals surface area (Å²) < 4.78 is 5.06. The number of ether oxygens (including phenoxy) is 1. The molecular weight excluding hydrogens is 244 g/mol. The van der Waals surface area contributed by atoms with E-state index in [2.05, 4.69) is 10.6 Å². The van der Waals surface area contributed by atoms with Gasteiger partial charge in [-0.05, 0) is 31.0 Å². The summed E-state index contributed by atoms with van der Waals surface area (Å²) in [6, 6.07) is 5.15. The summed E-state index contributed by atoms with van der Waals surface area (Å²) in [5.41, 5.74) is 0.956. The zero-order valence-electron chi connectivity index (χ0n) is 11.7. The Labute approximate surface area is 114 Å². The normalized spacial score (nSPS) is 11.9. The van der Waals surface area contributed by atoms with Crippen LogP contribution in [0.15, 0.2) is 18.2 Å². The van der Waals surface area contributed by atoms with Crippen LogP contribution in [0.3, 0.4) is 0 Å². The second kappa shape index (κ2) is 7.63. The third kappa shape index (κ3) is 4.79. The van der Waals surface area contributed by atoms with Gasteiger partial charge in [-0.2, -0.15) is 0 Å². The minimum atomic E-state index is -0.0144. The smallest absolute Gasteiger partial charge is 0.233 e. The van der Waals surface area contributed by atoms with Crippen LogP contribution >= 0.6 is 0 Å². The Balaban J connectivity index is 2.53. The maximum absolute atomic E-state index is 11.5. The van der Waals surface area contributed by atoms with Crippen molar-refractivity contribution in [3.63, 3.8) is 0 Å². The minimum Gasteiger partial charge on any atom is -0.504 e.